The van der Waals surface area contributed by atoms with Crippen molar-refractivity contribution in [2.75, 3.05) is 11.9 Å². The van der Waals surface area contributed by atoms with Gasteiger partial charge < -0.3 is 10.4 Å². The zero-order valence-corrected chi connectivity index (χ0v) is 7.96. The zero-order valence-electron chi connectivity index (χ0n) is 7.96. The SMILES string of the molecule is O=C(CCCO)Nc1c(F)cccc1F. The fourth-order valence-corrected chi connectivity index (χ4v) is 1.06. The molecule has 0 bridgehead atoms. The number of aliphatic hydroxyl groups excluding tert-OH is 1. The van der Waals surface area contributed by atoms with E-state index in [4.69, 9.17) is 5.11 Å². The number of hydrogen-bond acceptors (Lipinski definition) is 2. The molecule has 15 heavy (non-hydrogen) atoms. The minimum absolute atomic E-state index is 0.0320. The maximum Gasteiger partial charge on any atom is 0.224 e. The van der Waals surface area contributed by atoms with E-state index in [1.54, 1.807) is 0 Å². The van der Waals surface area contributed by atoms with E-state index in [1.165, 1.54) is 6.07 Å². The van der Waals surface area contributed by atoms with E-state index in [0.717, 1.165) is 12.1 Å². The molecule has 0 unspecified atom stereocenters. The number of benzene rings is 1. The van der Waals surface area contributed by atoms with Crippen LogP contribution in [0.5, 0.6) is 0 Å². The predicted octanol–water partition coefficient (Wildman–Crippen LogP) is 1.68. The Morgan fingerprint density at radius 2 is 1.93 bits per heavy atom. The number of hydrogen-bond donors (Lipinski definition) is 2. The molecule has 0 aliphatic heterocycles. The summed E-state index contributed by atoms with van der Waals surface area (Å²) in [5, 5.41) is 10.6. The molecule has 0 aromatic heterocycles. The number of halogens is 2. The normalized spacial score (nSPS) is 10.1. The van der Waals surface area contributed by atoms with Crippen LogP contribution in [0.15, 0.2) is 18.2 Å². The molecule has 0 saturated heterocycles. The molecular weight excluding hydrogens is 204 g/mol. The third-order valence-corrected chi connectivity index (χ3v) is 1.79. The summed E-state index contributed by atoms with van der Waals surface area (Å²) in [4.78, 5) is 11.1. The van der Waals surface area contributed by atoms with Gasteiger partial charge in [0.15, 0.2) is 0 Å². The van der Waals surface area contributed by atoms with Gasteiger partial charge in [0.1, 0.15) is 17.3 Å². The summed E-state index contributed by atoms with van der Waals surface area (Å²) in [6.07, 6.45) is 0.298. The van der Waals surface area contributed by atoms with Gasteiger partial charge in [-0.1, -0.05) is 6.07 Å². The van der Waals surface area contributed by atoms with Crippen LogP contribution in [0.3, 0.4) is 0 Å². The molecule has 5 heteroatoms. The van der Waals surface area contributed by atoms with Gasteiger partial charge in [-0.2, -0.15) is 0 Å². The van der Waals surface area contributed by atoms with Crippen molar-refractivity contribution in [3.05, 3.63) is 29.8 Å². The molecule has 0 fully saturated rings. The lowest BCUT2D eigenvalue weighted by Gasteiger charge is -2.06. The molecular formula is C10H11F2NO2. The topological polar surface area (TPSA) is 49.3 Å². The Labute approximate surface area is 85.7 Å². The first kappa shape index (κ1) is 11.6. The van der Waals surface area contributed by atoms with E-state index >= 15 is 0 Å². The van der Waals surface area contributed by atoms with E-state index in [1.807, 2.05) is 0 Å². The number of carbonyl (C=O) groups is 1. The third-order valence-electron chi connectivity index (χ3n) is 1.79. The van der Waals surface area contributed by atoms with Crippen LogP contribution in [0.4, 0.5) is 14.5 Å². The molecule has 0 atom stereocenters. The Balaban J connectivity index is 2.68. The Morgan fingerprint density at radius 1 is 1.33 bits per heavy atom. The van der Waals surface area contributed by atoms with Gasteiger partial charge in [-0.25, -0.2) is 8.78 Å². The van der Waals surface area contributed by atoms with E-state index in [-0.39, 0.29) is 19.4 Å². The number of anilines is 1. The minimum Gasteiger partial charge on any atom is -0.396 e. The smallest absolute Gasteiger partial charge is 0.224 e. The molecule has 82 valence electrons. The second-order valence-corrected chi connectivity index (χ2v) is 2.97. The first-order valence-corrected chi connectivity index (χ1v) is 4.50. The molecule has 0 aliphatic carbocycles. The molecule has 1 rings (SSSR count). The van der Waals surface area contributed by atoms with Gasteiger partial charge in [0.05, 0.1) is 0 Å². The molecule has 0 spiro atoms. The van der Waals surface area contributed by atoms with Crippen LogP contribution in [-0.2, 0) is 4.79 Å². The van der Waals surface area contributed by atoms with Crippen LogP contribution >= 0.6 is 0 Å². The number of aliphatic hydroxyl groups is 1. The van der Waals surface area contributed by atoms with Gasteiger partial charge in [0.2, 0.25) is 5.91 Å². The quantitative estimate of drug-likeness (QED) is 0.802. The highest BCUT2D eigenvalue weighted by Gasteiger charge is 2.10. The van der Waals surface area contributed by atoms with Gasteiger partial charge >= 0.3 is 0 Å². The zero-order chi connectivity index (χ0) is 11.3. The van der Waals surface area contributed by atoms with Crippen molar-refractivity contribution >= 4 is 11.6 Å². The van der Waals surface area contributed by atoms with Gasteiger partial charge in [-0.15, -0.1) is 0 Å². The van der Waals surface area contributed by atoms with E-state index in [0.29, 0.717) is 0 Å². The van der Waals surface area contributed by atoms with Crippen LogP contribution in [0.25, 0.3) is 0 Å². The molecule has 0 saturated carbocycles. The number of carbonyl (C=O) groups excluding carboxylic acids is 1. The Hall–Kier alpha value is -1.49. The molecule has 0 radical (unpaired) electrons. The lowest BCUT2D eigenvalue weighted by molar-refractivity contribution is -0.116. The maximum atomic E-state index is 13.0. The lowest BCUT2D eigenvalue weighted by Crippen LogP contribution is -2.14. The Kier molecular flexibility index (Phi) is 4.17. The van der Waals surface area contributed by atoms with Gasteiger partial charge in [0, 0.05) is 13.0 Å². The maximum absolute atomic E-state index is 13.0. The molecule has 0 heterocycles. The largest absolute Gasteiger partial charge is 0.396 e. The fraction of sp³-hybridized carbons (Fsp3) is 0.300. The highest BCUT2D eigenvalue weighted by atomic mass is 19.1. The van der Waals surface area contributed by atoms with Gasteiger partial charge in [-0.3, -0.25) is 4.79 Å². The highest BCUT2D eigenvalue weighted by Crippen LogP contribution is 2.18. The van der Waals surface area contributed by atoms with Crippen molar-refractivity contribution in [3.63, 3.8) is 0 Å². The van der Waals surface area contributed by atoms with Crippen molar-refractivity contribution in [3.8, 4) is 0 Å². The van der Waals surface area contributed by atoms with E-state index in [9.17, 15) is 13.6 Å². The standard InChI is InChI=1S/C10H11F2NO2/c11-7-3-1-4-8(12)10(7)13-9(15)5-2-6-14/h1,3-4,14H,2,5-6H2,(H,13,15). The summed E-state index contributed by atoms with van der Waals surface area (Å²) in [5.74, 6) is -2.15. The molecule has 1 amide bonds. The van der Waals surface area contributed by atoms with E-state index in [2.05, 4.69) is 5.32 Å². The summed E-state index contributed by atoms with van der Waals surface area (Å²) in [6.45, 7) is -0.132. The molecule has 3 nitrogen and oxygen atoms in total. The van der Waals surface area contributed by atoms with Crippen molar-refractivity contribution in [2.45, 2.75) is 12.8 Å². The van der Waals surface area contributed by atoms with Crippen LogP contribution < -0.4 is 5.32 Å². The Morgan fingerprint density at radius 3 is 2.47 bits per heavy atom. The third kappa shape index (κ3) is 3.28. The van der Waals surface area contributed by atoms with Gasteiger partial charge in [0.25, 0.3) is 0 Å². The van der Waals surface area contributed by atoms with E-state index < -0.39 is 23.2 Å². The van der Waals surface area contributed by atoms with Crippen molar-refractivity contribution in [2.24, 2.45) is 0 Å². The lowest BCUT2D eigenvalue weighted by atomic mass is 10.2. The Bertz CT molecular complexity index is 335. The van der Waals surface area contributed by atoms with Crippen LogP contribution in [-0.4, -0.2) is 17.6 Å². The van der Waals surface area contributed by atoms with Crippen LogP contribution in [0.2, 0.25) is 0 Å². The number of nitrogens with one attached hydrogen (secondary N) is 1. The summed E-state index contributed by atoms with van der Waals surface area (Å²) in [5.41, 5.74) is -0.444. The molecule has 2 N–H and O–H groups in total. The second-order valence-electron chi connectivity index (χ2n) is 2.97. The first-order valence-electron chi connectivity index (χ1n) is 4.50. The summed E-state index contributed by atoms with van der Waals surface area (Å²) < 4.78 is 26.1. The number of para-hydroxylation sites is 1. The summed E-state index contributed by atoms with van der Waals surface area (Å²) >= 11 is 0. The first-order chi connectivity index (χ1) is 7.15. The van der Waals surface area contributed by atoms with Gasteiger partial charge in [-0.05, 0) is 18.6 Å². The van der Waals surface area contributed by atoms with Crippen molar-refractivity contribution in [1.82, 2.24) is 0 Å². The monoisotopic (exact) mass is 215 g/mol. The molecule has 0 aliphatic rings. The second kappa shape index (κ2) is 5.41. The number of amides is 1. The minimum atomic E-state index is -0.813. The molecule has 1 aromatic carbocycles. The fourth-order valence-electron chi connectivity index (χ4n) is 1.06. The van der Waals surface area contributed by atoms with Crippen LogP contribution in [0, 0.1) is 11.6 Å². The molecule has 1 aromatic rings. The van der Waals surface area contributed by atoms with Crippen molar-refractivity contribution in [1.29, 1.82) is 0 Å². The average molecular weight is 215 g/mol. The van der Waals surface area contributed by atoms with Crippen molar-refractivity contribution < 1.29 is 18.7 Å². The average Bonchev–Trinajstić information content (AvgIpc) is 2.21. The summed E-state index contributed by atoms with van der Waals surface area (Å²) in [6, 6.07) is 3.34. The summed E-state index contributed by atoms with van der Waals surface area (Å²) in [7, 11) is 0. The number of rotatable bonds is 4. The predicted molar refractivity (Wildman–Crippen MR) is 51.3 cm³/mol. The van der Waals surface area contributed by atoms with Crippen LogP contribution in [0.1, 0.15) is 12.8 Å². The highest BCUT2D eigenvalue weighted by molar-refractivity contribution is 5.90.